The molecule has 1 atom stereocenters. The molecule has 1 aliphatic rings. The molecule has 0 bridgehead atoms. The van der Waals surface area contributed by atoms with Gasteiger partial charge in [-0.1, -0.05) is 13.8 Å². The molecule has 0 radical (unpaired) electrons. The van der Waals surface area contributed by atoms with Crippen molar-refractivity contribution in [3.05, 3.63) is 0 Å². The molecule has 3 N–H and O–H groups in total. The molecule has 0 spiro atoms. The highest BCUT2D eigenvalue weighted by atomic mass is 16.4. The molecule has 0 saturated carbocycles. The van der Waals surface area contributed by atoms with Crippen molar-refractivity contribution in [3.8, 4) is 0 Å². The molecule has 0 amide bonds. The zero-order valence-electron chi connectivity index (χ0n) is 8.99. The van der Waals surface area contributed by atoms with Gasteiger partial charge in [0.1, 0.15) is 6.04 Å². The van der Waals surface area contributed by atoms with Crippen LogP contribution in [-0.2, 0) is 4.79 Å². The summed E-state index contributed by atoms with van der Waals surface area (Å²) in [6, 6.07) is -0.740. The van der Waals surface area contributed by atoms with Gasteiger partial charge in [0.2, 0.25) is 0 Å². The number of hydrogen-bond donors (Lipinski definition) is 2. The van der Waals surface area contributed by atoms with Crippen molar-refractivity contribution in [1.82, 2.24) is 4.90 Å². The monoisotopic (exact) mass is 200 g/mol. The van der Waals surface area contributed by atoms with Crippen LogP contribution in [0.1, 0.15) is 26.7 Å². The number of likely N-dealkylation sites (tertiary alicyclic amines) is 1. The van der Waals surface area contributed by atoms with E-state index in [1.165, 1.54) is 0 Å². The average molecular weight is 200 g/mol. The first-order valence-corrected chi connectivity index (χ1v) is 5.11. The molecule has 14 heavy (non-hydrogen) atoms. The molecule has 1 rings (SSSR count). The average Bonchev–Trinajstić information content (AvgIpc) is 2.08. The Kier molecular flexibility index (Phi) is 3.50. The number of hydrogen-bond acceptors (Lipinski definition) is 3. The summed E-state index contributed by atoms with van der Waals surface area (Å²) in [5, 5.41) is 8.66. The van der Waals surface area contributed by atoms with E-state index in [-0.39, 0.29) is 0 Å². The second-order valence-electron chi connectivity index (χ2n) is 4.91. The van der Waals surface area contributed by atoms with Gasteiger partial charge in [0.25, 0.3) is 0 Å². The fraction of sp³-hybridized carbons (Fsp3) is 0.900. The fourth-order valence-electron chi connectivity index (χ4n) is 1.70. The molecule has 1 unspecified atom stereocenters. The second-order valence-corrected chi connectivity index (χ2v) is 4.91. The van der Waals surface area contributed by atoms with Gasteiger partial charge < -0.3 is 15.7 Å². The van der Waals surface area contributed by atoms with Gasteiger partial charge in [0.05, 0.1) is 0 Å². The van der Waals surface area contributed by atoms with E-state index < -0.39 is 12.0 Å². The molecule has 4 heteroatoms. The van der Waals surface area contributed by atoms with E-state index in [4.69, 9.17) is 10.8 Å². The Labute approximate surface area is 85.1 Å². The number of carboxylic acids is 1. The maximum absolute atomic E-state index is 10.5. The third kappa shape index (κ3) is 3.27. The first-order valence-electron chi connectivity index (χ1n) is 5.11. The standard InChI is InChI=1S/C10H20N2O2/c1-10(2)3-5-12(6-4-10)7-8(11)9(13)14/h8H,3-7,11H2,1-2H3,(H,13,14). The van der Waals surface area contributed by atoms with Crippen LogP contribution in [0.4, 0.5) is 0 Å². The molecule has 1 fully saturated rings. The third-order valence-electron chi connectivity index (χ3n) is 2.98. The molecular weight excluding hydrogens is 180 g/mol. The van der Waals surface area contributed by atoms with Crippen molar-refractivity contribution < 1.29 is 9.90 Å². The Hall–Kier alpha value is -0.610. The maximum atomic E-state index is 10.5. The zero-order valence-corrected chi connectivity index (χ0v) is 8.99. The molecule has 1 heterocycles. The van der Waals surface area contributed by atoms with Gasteiger partial charge in [0, 0.05) is 6.54 Å². The van der Waals surface area contributed by atoms with Crippen LogP contribution in [0.3, 0.4) is 0 Å². The van der Waals surface area contributed by atoms with Crippen LogP contribution in [0.25, 0.3) is 0 Å². The van der Waals surface area contributed by atoms with Crippen molar-refractivity contribution in [2.24, 2.45) is 11.1 Å². The predicted octanol–water partition coefficient (Wildman–Crippen LogP) is 0.520. The van der Waals surface area contributed by atoms with Crippen molar-refractivity contribution in [1.29, 1.82) is 0 Å². The first kappa shape index (κ1) is 11.5. The van der Waals surface area contributed by atoms with Gasteiger partial charge in [-0.25, -0.2) is 0 Å². The topological polar surface area (TPSA) is 66.6 Å². The van der Waals surface area contributed by atoms with Crippen molar-refractivity contribution >= 4 is 5.97 Å². The van der Waals surface area contributed by atoms with Crippen molar-refractivity contribution in [2.75, 3.05) is 19.6 Å². The summed E-state index contributed by atoms with van der Waals surface area (Å²) in [4.78, 5) is 12.7. The first-order chi connectivity index (χ1) is 6.41. The molecule has 1 aliphatic heterocycles. The number of carbonyl (C=O) groups is 1. The van der Waals surface area contributed by atoms with E-state index in [9.17, 15) is 4.79 Å². The van der Waals surface area contributed by atoms with Crippen LogP contribution in [0.5, 0.6) is 0 Å². The van der Waals surface area contributed by atoms with Crippen molar-refractivity contribution in [2.45, 2.75) is 32.7 Å². The zero-order chi connectivity index (χ0) is 10.8. The number of aliphatic carboxylic acids is 1. The molecule has 1 saturated heterocycles. The molecule has 0 aliphatic carbocycles. The van der Waals surface area contributed by atoms with Gasteiger partial charge in [-0.15, -0.1) is 0 Å². The summed E-state index contributed by atoms with van der Waals surface area (Å²) < 4.78 is 0. The van der Waals surface area contributed by atoms with Crippen LogP contribution in [0.2, 0.25) is 0 Å². The lowest BCUT2D eigenvalue weighted by Gasteiger charge is -2.37. The predicted molar refractivity (Wildman–Crippen MR) is 55.1 cm³/mol. The Bertz CT molecular complexity index is 206. The summed E-state index contributed by atoms with van der Waals surface area (Å²) in [7, 11) is 0. The number of rotatable bonds is 3. The minimum absolute atomic E-state index is 0.407. The largest absolute Gasteiger partial charge is 0.480 e. The second kappa shape index (κ2) is 4.28. The lowest BCUT2D eigenvalue weighted by Crippen LogP contribution is -2.46. The number of nitrogens with zero attached hydrogens (tertiary/aromatic N) is 1. The summed E-state index contributed by atoms with van der Waals surface area (Å²) in [6.45, 7) is 6.91. The Morgan fingerprint density at radius 2 is 2.00 bits per heavy atom. The lowest BCUT2D eigenvalue weighted by atomic mass is 9.82. The van der Waals surface area contributed by atoms with E-state index in [0.29, 0.717) is 12.0 Å². The van der Waals surface area contributed by atoms with E-state index in [1.807, 2.05) is 0 Å². The highest BCUT2D eigenvalue weighted by molar-refractivity contribution is 5.73. The van der Waals surface area contributed by atoms with E-state index in [1.54, 1.807) is 0 Å². The van der Waals surface area contributed by atoms with Gasteiger partial charge in [0.15, 0.2) is 0 Å². The van der Waals surface area contributed by atoms with Gasteiger partial charge in [-0.2, -0.15) is 0 Å². The minimum Gasteiger partial charge on any atom is -0.480 e. The summed E-state index contributed by atoms with van der Waals surface area (Å²) in [6.07, 6.45) is 2.25. The van der Waals surface area contributed by atoms with Crippen molar-refractivity contribution in [3.63, 3.8) is 0 Å². The molecule has 4 nitrogen and oxygen atoms in total. The van der Waals surface area contributed by atoms with Gasteiger partial charge >= 0.3 is 5.97 Å². The lowest BCUT2D eigenvalue weighted by molar-refractivity contribution is -0.139. The quantitative estimate of drug-likeness (QED) is 0.697. The van der Waals surface area contributed by atoms with Gasteiger partial charge in [-0.05, 0) is 31.3 Å². The Balaban J connectivity index is 2.32. The molecule has 0 aromatic heterocycles. The fourth-order valence-corrected chi connectivity index (χ4v) is 1.70. The summed E-state index contributed by atoms with van der Waals surface area (Å²) in [5.74, 6) is -0.908. The van der Waals surface area contributed by atoms with E-state index >= 15 is 0 Å². The third-order valence-corrected chi connectivity index (χ3v) is 2.98. The summed E-state index contributed by atoms with van der Waals surface area (Å²) in [5.41, 5.74) is 5.88. The van der Waals surface area contributed by atoms with Gasteiger partial charge in [-0.3, -0.25) is 4.79 Å². The molecule has 0 aromatic carbocycles. The number of carboxylic acid groups (broad SMARTS) is 1. The van der Waals surface area contributed by atoms with E-state index in [2.05, 4.69) is 18.7 Å². The smallest absolute Gasteiger partial charge is 0.321 e. The molecule has 82 valence electrons. The van der Waals surface area contributed by atoms with Crippen LogP contribution in [-0.4, -0.2) is 41.7 Å². The highest BCUT2D eigenvalue weighted by Crippen LogP contribution is 2.29. The van der Waals surface area contributed by atoms with Crippen LogP contribution >= 0.6 is 0 Å². The molecule has 0 aromatic rings. The summed E-state index contributed by atoms with van der Waals surface area (Å²) >= 11 is 0. The number of piperidine rings is 1. The normalized spacial score (nSPS) is 24.5. The van der Waals surface area contributed by atoms with Crippen LogP contribution in [0.15, 0.2) is 0 Å². The highest BCUT2D eigenvalue weighted by Gasteiger charge is 2.27. The Morgan fingerprint density at radius 3 is 2.43 bits per heavy atom. The Morgan fingerprint density at radius 1 is 1.50 bits per heavy atom. The minimum atomic E-state index is -0.908. The molecular formula is C10H20N2O2. The van der Waals surface area contributed by atoms with E-state index in [0.717, 1.165) is 25.9 Å². The van der Waals surface area contributed by atoms with Crippen LogP contribution < -0.4 is 5.73 Å². The maximum Gasteiger partial charge on any atom is 0.321 e. The SMILES string of the molecule is CC1(C)CCN(CC(N)C(=O)O)CC1. The van der Waals surface area contributed by atoms with Crippen LogP contribution in [0, 0.1) is 5.41 Å². The number of nitrogens with two attached hydrogens (primary N) is 1.